The molecule has 0 aliphatic heterocycles. The Morgan fingerprint density at radius 2 is 1.61 bits per heavy atom. The lowest BCUT2D eigenvalue weighted by Crippen LogP contribution is -2.41. The number of hydrogen-bond acceptors (Lipinski definition) is 1. The Balaban J connectivity index is 0.000000914. The van der Waals surface area contributed by atoms with E-state index in [1.807, 2.05) is 27.7 Å². The van der Waals surface area contributed by atoms with E-state index < -0.39 is 0 Å². The highest BCUT2D eigenvalue weighted by Crippen LogP contribution is 2.63. The van der Waals surface area contributed by atoms with Gasteiger partial charge < -0.3 is 5.11 Å². The molecule has 0 amide bonds. The molecule has 4 aliphatic rings. The van der Waals surface area contributed by atoms with Crippen molar-refractivity contribution in [2.24, 2.45) is 40.4 Å². The van der Waals surface area contributed by atoms with Crippen molar-refractivity contribution in [3.63, 3.8) is 0 Å². The molecule has 2 fully saturated rings. The fraction of sp³-hybridized carbons (Fsp3) is 0.750. The van der Waals surface area contributed by atoms with Crippen molar-refractivity contribution in [2.75, 3.05) is 0 Å². The molecule has 0 aromatic rings. The molecule has 0 spiro atoms. The second-order valence-corrected chi connectivity index (χ2v) is 11.5. The summed E-state index contributed by atoms with van der Waals surface area (Å²) in [7, 11) is 0. The monoisotopic (exact) mass is 454 g/mol. The van der Waals surface area contributed by atoms with Gasteiger partial charge in [0, 0.05) is 5.41 Å². The summed E-state index contributed by atoms with van der Waals surface area (Å²) in [5.74, 6) is 3.50. The highest BCUT2D eigenvalue weighted by molar-refractivity contribution is 5.53. The molecule has 0 aromatic heterocycles. The number of rotatable bonds is 4. The van der Waals surface area contributed by atoms with Gasteiger partial charge in [-0.25, -0.2) is 0 Å². The Labute approximate surface area is 206 Å². The van der Waals surface area contributed by atoms with Crippen molar-refractivity contribution in [1.82, 2.24) is 0 Å². The van der Waals surface area contributed by atoms with Crippen LogP contribution in [0.25, 0.3) is 0 Å². The molecule has 0 heterocycles. The summed E-state index contributed by atoms with van der Waals surface area (Å²) in [5.41, 5.74) is 5.26. The van der Waals surface area contributed by atoms with Crippen molar-refractivity contribution in [1.29, 1.82) is 0 Å². The van der Waals surface area contributed by atoms with Gasteiger partial charge in [0.2, 0.25) is 0 Å². The standard InChI is InChI=1S/C28H42O.2C2H6/c1-18(2)19(3)7-8-20(4)24-11-12-25-23-10-9-21-17-22(29)13-15-27(21,5)26(23)14-16-28(24,25)6;2*1-2/h7-10,14,18-20,22,24-25,29H,11-13,15-17H2,1-6H3;2*1-2H3/b8-7+;;. The first-order valence-electron chi connectivity index (χ1n) is 14.2. The van der Waals surface area contributed by atoms with E-state index in [2.05, 4.69) is 71.9 Å². The Kier molecular flexibility index (Phi) is 9.87. The number of aliphatic hydroxyl groups is 1. The summed E-state index contributed by atoms with van der Waals surface area (Å²) in [4.78, 5) is 0. The minimum Gasteiger partial charge on any atom is -0.393 e. The molecule has 0 aromatic carbocycles. The first-order chi connectivity index (χ1) is 15.7. The molecule has 1 nitrogen and oxygen atoms in total. The van der Waals surface area contributed by atoms with Crippen LogP contribution in [0.5, 0.6) is 0 Å². The summed E-state index contributed by atoms with van der Waals surface area (Å²) < 4.78 is 0. The van der Waals surface area contributed by atoms with Crippen molar-refractivity contribution in [3.8, 4) is 0 Å². The smallest absolute Gasteiger partial charge is 0.0578 e. The summed E-state index contributed by atoms with van der Waals surface area (Å²) in [6.45, 7) is 22.5. The highest BCUT2D eigenvalue weighted by atomic mass is 16.3. The van der Waals surface area contributed by atoms with E-state index in [1.54, 1.807) is 11.1 Å². The maximum absolute atomic E-state index is 10.2. The molecule has 0 bridgehead atoms. The third-order valence-corrected chi connectivity index (χ3v) is 9.45. The summed E-state index contributed by atoms with van der Waals surface area (Å²) in [5, 5.41) is 10.2. The predicted molar refractivity (Wildman–Crippen MR) is 146 cm³/mol. The van der Waals surface area contributed by atoms with Gasteiger partial charge in [0.1, 0.15) is 0 Å². The lowest BCUT2D eigenvalue weighted by Gasteiger charge is -2.50. The van der Waals surface area contributed by atoms with Crippen LogP contribution in [-0.4, -0.2) is 11.2 Å². The van der Waals surface area contributed by atoms with Gasteiger partial charge in [0.05, 0.1) is 6.10 Å². The molecule has 33 heavy (non-hydrogen) atoms. The minimum absolute atomic E-state index is 0.143. The second-order valence-electron chi connectivity index (χ2n) is 11.5. The quantitative estimate of drug-likeness (QED) is 0.419. The van der Waals surface area contributed by atoms with Gasteiger partial charge in [-0.1, -0.05) is 105 Å². The normalized spacial score (nSPS) is 36.6. The minimum atomic E-state index is -0.143. The van der Waals surface area contributed by atoms with Crippen LogP contribution >= 0.6 is 0 Å². The number of allylic oxidation sites excluding steroid dienone is 7. The van der Waals surface area contributed by atoms with E-state index in [-0.39, 0.29) is 11.5 Å². The molecule has 4 rings (SSSR count). The SMILES string of the molecule is CC.CC.CC(C)C(C)/C=C/C(C)C1CCC2C3=CC=C4CC(O)CCC4(C)C3=CCC21C. The van der Waals surface area contributed by atoms with E-state index in [9.17, 15) is 5.11 Å². The molecule has 7 unspecified atom stereocenters. The summed E-state index contributed by atoms with van der Waals surface area (Å²) in [6, 6.07) is 0. The fourth-order valence-corrected chi connectivity index (χ4v) is 6.96. The van der Waals surface area contributed by atoms with Crippen LogP contribution in [0, 0.1) is 40.4 Å². The summed E-state index contributed by atoms with van der Waals surface area (Å²) >= 11 is 0. The van der Waals surface area contributed by atoms with Crippen LogP contribution in [0.1, 0.15) is 108 Å². The van der Waals surface area contributed by atoms with Crippen LogP contribution in [0.3, 0.4) is 0 Å². The average Bonchev–Trinajstić information content (AvgIpc) is 3.17. The topological polar surface area (TPSA) is 20.2 Å². The van der Waals surface area contributed by atoms with Gasteiger partial charge in [-0.3, -0.25) is 0 Å². The molecular weight excluding hydrogens is 400 g/mol. The molecule has 1 heteroatoms. The molecule has 188 valence electrons. The van der Waals surface area contributed by atoms with Crippen LogP contribution in [0.15, 0.2) is 47.1 Å². The Morgan fingerprint density at radius 1 is 0.939 bits per heavy atom. The predicted octanol–water partition coefficient (Wildman–Crippen LogP) is 9.30. The first-order valence-corrected chi connectivity index (χ1v) is 14.2. The van der Waals surface area contributed by atoms with Crippen LogP contribution < -0.4 is 0 Å². The Hall–Kier alpha value is -1.08. The van der Waals surface area contributed by atoms with E-state index >= 15 is 0 Å². The number of aliphatic hydroxyl groups excluding tert-OH is 1. The van der Waals surface area contributed by atoms with E-state index in [0.717, 1.165) is 25.2 Å². The fourth-order valence-electron chi connectivity index (χ4n) is 6.96. The Bertz CT molecular complexity index is 765. The molecule has 2 saturated carbocycles. The maximum Gasteiger partial charge on any atom is 0.0578 e. The van der Waals surface area contributed by atoms with Crippen molar-refractivity contribution < 1.29 is 5.11 Å². The van der Waals surface area contributed by atoms with E-state index in [1.165, 1.54) is 24.8 Å². The zero-order valence-electron chi connectivity index (χ0n) is 23.5. The number of fused-ring (bicyclic) bond motifs is 5. The van der Waals surface area contributed by atoms with Gasteiger partial charge in [-0.05, 0) is 84.7 Å². The van der Waals surface area contributed by atoms with Crippen molar-refractivity contribution >= 4 is 0 Å². The first kappa shape index (κ1) is 28.2. The van der Waals surface area contributed by atoms with Gasteiger partial charge in [0.25, 0.3) is 0 Å². The van der Waals surface area contributed by atoms with Crippen molar-refractivity contribution in [2.45, 2.75) is 114 Å². The lowest BCUT2D eigenvalue weighted by atomic mass is 9.54. The van der Waals surface area contributed by atoms with Gasteiger partial charge >= 0.3 is 0 Å². The van der Waals surface area contributed by atoms with Crippen molar-refractivity contribution in [3.05, 3.63) is 47.1 Å². The molecule has 4 aliphatic carbocycles. The molecule has 1 N–H and O–H groups in total. The largest absolute Gasteiger partial charge is 0.393 e. The molecular formula is C32H54O. The van der Waals surface area contributed by atoms with E-state index in [0.29, 0.717) is 29.1 Å². The zero-order chi connectivity index (χ0) is 25.0. The summed E-state index contributed by atoms with van der Waals surface area (Å²) in [6.07, 6.45) is 19.1. The maximum atomic E-state index is 10.2. The van der Waals surface area contributed by atoms with Gasteiger partial charge in [-0.2, -0.15) is 0 Å². The van der Waals surface area contributed by atoms with E-state index in [4.69, 9.17) is 0 Å². The third kappa shape index (κ3) is 5.29. The van der Waals surface area contributed by atoms with Crippen LogP contribution in [0.4, 0.5) is 0 Å². The van der Waals surface area contributed by atoms with Gasteiger partial charge in [-0.15, -0.1) is 0 Å². The lowest BCUT2D eigenvalue weighted by molar-refractivity contribution is 0.113. The number of hydrogen-bond donors (Lipinski definition) is 1. The second kappa shape index (κ2) is 11.6. The van der Waals surface area contributed by atoms with Gasteiger partial charge in [0.15, 0.2) is 0 Å². The zero-order valence-corrected chi connectivity index (χ0v) is 23.5. The molecule has 7 atom stereocenters. The average molecular weight is 455 g/mol. The Morgan fingerprint density at radius 3 is 2.24 bits per heavy atom. The van der Waals surface area contributed by atoms with Crippen LogP contribution in [-0.2, 0) is 0 Å². The molecule has 0 saturated heterocycles. The molecule has 0 radical (unpaired) electrons. The third-order valence-electron chi connectivity index (χ3n) is 9.45. The highest BCUT2D eigenvalue weighted by Gasteiger charge is 2.53. The van der Waals surface area contributed by atoms with Crippen LogP contribution in [0.2, 0.25) is 0 Å².